The molecule has 9 nitrogen and oxygen atoms in total. The average Bonchev–Trinajstić information content (AvgIpc) is 3.36. The number of carbonyl (C=O) groups is 2. The third-order valence-electron chi connectivity index (χ3n) is 5.25. The minimum Gasteiger partial charge on any atom is -0.419 e. The molecular formula is C24H21N5O4. The number of carbonyl (C=O) groups excluding carboxylic acids is 2. The molecule has 0 radical (unpaired) electrons. The first-order valence-electron chi connectivity index (χ1n) is 10.4. The molecule has 3 aromatic heterocycles. The average molecular weight is 443 g/mol. The van der Waals surface area contributed by atoms with Crippen molar-refractivity contribution in [2.45, 2.75) is 33.1 Å². The molecule has 0 bridgehead atoms. The molecular weight excluding hydrogens is 422 g/mol. The lowest BCUT2D eigenvalue weighted by Gasteiger charge is -2.29. The smallest absolute Gasteiger partial charge is 0.348 e. The lowest BCUT2D eigenvalue weighted by atomic mass is 10.1. The van der Waals surface area contributed by atoms with Crippen LogP contribution in [0.4, 0.5) is 0 Å². The molecule has 1 aliphatic heterocycles. The molecule has 1 aliphatic rings. The van der Waals surface area contributed by atoms with E-state index in [9.17, 15) is 9.59 Å². The molecule has 1 saturated heterocycles. The topological polar surface area (TPSA) is 101 Å². The predicted molar refractivity (Wildman–Crippen MR) is 119 cm³/mol. The summed E-state index contributed by atoms with van der Waals surface area (Å²) >= 11 is 0. The van der Waals surface area contributed by atoms with Gasteiger partial charge >= 0.3 is 11.9 Å². The summed E-state index contributed by atoms with van der Waals surface area (Å²) in [7, 11) is 0. The van der Waals surface area contributed by atoms with Crippen LogP contribution in [0.25, 0.3) is 22.8 Å². The number of fused-ring (bicyclic) bond motifs is 1. The van der Waals surface area contributed by atoms with Crippen molar-refractivity contribution < 1.29 is 19.1 Å². The highest BCUT2D eigenvalue weighted by atomic mass is 16.7. The number of hydrogen-bond donors (Lipinski definition) is 0. The Balaban J connectivity index is 1.48. The quantitative estimate of drug-likeness (QED) is 0.271. The molecule has 0 atom stereocenters. The van der Waals surface area contributed by atoms with Crippen LogP contribution in [0.3, 0.4) is 0 Å². The minimum absolute atomic E-state index is 0.164. The van der Waals surface area contributed by atoms with Crippen LogP contribution in [0.5, 0.6) is 0 Å². The zero-order valence-electron chi connectivity index (χ0n) is 18.3. The van der Waals surface area contributed by atoms with Gasteiger partial charge in [-0.05, 0) is 37.3 Å². The SMILES string of the molecule is Cc1ccc(-n2cc(Cn3cc(C=C4C(=O)OC(C)(C)OC4=O)c4cccnc43)nn2)cc1. The van der Waals surface area contributed by atoms with Gasteiger partial charge in [-0.1, -0.05) is 22.9 Å². The Morgan fingerprint density at radius 2 is 1.76 bits per heavy atom. The molecule has 33 heavy (non-hydrogen) atoms. The molecule has 0 spiro atoms. The Morgan fingerprint density at radius 1 is 1.03 bits per heavy atom. The number of ether oxygens (including phenoxy) is 2. The standard InChI is InChI=1S/C24H21N5O4/c1-15-6-8-18(9-7-15)29-14-17(26-27-29)13-28-12-16(19-5-4-10-25-21(19)28)11-20-22(30)32-24(2,3)33-23(20)31/h4-12,14H,13H2,1-3H3. The van der Waals surface area contributed by atoms with E-state index in [0.717, 1.165) is 16.8 Å². The first-order chi connectivity index (χ1) is 15.8. The van der Waals surface area contributed by atoms with E-state index in [2.05, 4.69) is 15.3 Å². The first-order valence-corrected chi connectivity index (χ1v) is 10.4. The van der Waals surface area contributed by atoms with E-state index >= 15 is 0 Å². The molecule has 4 heterocycles. The van der Waals surface area contributed by atoms with Gasteiger partial charge in [-0.25, -0.2) is 19.3 Å². The second-order valence-corrected chi connectivity index (χ2v) is 8.31. The number of pyridine rings is 1. The number of benzene rings is 1. The number of hydrogen-bond acceptors (Lipinski definition) is 7. The van der Waals surface area contributed by atoms with Gasteiger partial charge in [0.2, 0.25) is 0 Å². The van der Waals surface area contributed by atoms with Gasteiger partial charge in [0.05, 0.1) is 18.4 Å². The highest BCUT2D eigenvalue weighted by molar-refractivity contribution is 6.19. The maximum absolute atomic E-state index is 12.4. The zero-order chi connectivity index (χ0) is 23.2. The summed E-state index contributed by atoms with van der Waals surface area (Å²) in [6.07, 6.45) is 6.83. The zero-order valence-corrected chi connectivity index (χ0v) is 18.3. The first kappa shape index (κ1) is 20.6. The number of rotatable bonds is 4. The van der Waals surface area contributed by atoms with Gasteiger partial charge in [0.15, 0.2) is 0 Å². The van der Waals surface area contributed by atoms with Gasteiger partial charge in [-0.15, -0.1) is 5.10 Å². The lowest BCUT2D eigenvalue weighted by molar-refractivity contribution is -0.222. The number of cyclic esters (lactones) is 2. The van der Waals surface area contributed by atoms with Crippen LogP contribution in [0.2, 0.25) is 0 Å². The van der Waals surface area contributed by atoms with Gasteiger partial charge in [-0.3, -0.25) is 0 Å². The van der Waals surface area contributed by atoms with Crippen LogP contribution < -0.4 is 0 Å². The van der Waals surface area contributed by atoms with Crippen molar-refractivity contribution in [3.8, 4) is 5.69 Å². The largest absolute Gasteiger partial charge is 0.419 e. The van der Waals surface area contributed by atoms with Crippen molar-refractivity contribution in [3.63, 3.8) is 0 Å². The van der Waals surface area contributed by atoms with Crippen molar-refractivity contribution in [2.75, 3.05) is 0 Å². The summed E-state index contributed by atoms with van der Waals surface area (Å²) in [6, 6.07) is 11.7. The highest BCUT2D eigenvalue weighted by Crippen LogP contribution is 2.27. The van der Waals surface area contributed by atoms with Gasteiger partial charge in [0.25, 0.3) is 5.79 Å². The second kappa shape index (κ2) is 7.70. The van der Waals surface area contributed by atoms with E-state index in [4.69, 9.17) is 9.47 Å². The molecule has 1 aromatic carbocycles. The van der Waals surface area contributed by atoms with Crippen LogP contribution in [0, 0.1) is 6.92 Å². The molecule has 0 amide bonds. The summed E-state index contributed by atoms with van der Waals surface area (Å²) < 4.78 is 14.0. The van der Waals surface area contributed by atoms with Crippen molar-refractivity contribution in [2.24, 2.45) is 0 Å². The van der Waals surface area contributed by atoms with Crippen molar-refractivity contribution in [1.29, 1.82) is 0 Å². The molecule has 1 fully saturated rings. The number of aryl methyl sites for hydroxylation is 1. The monoisotopic (exact) mass is 443 g/mol. The van der Waals surface area contributed by atoms with Gasteiger partial charge in [0, 0.05) is 37.2 Å². The van der Waals surface area contributed by atoms with E-state index in [0.29, 0.717) is 17.8 Å². The second-order valence-electron chi connectivity index (χ2n) is 8.31. The minimum atomic E-state index is -1.29. The third-order valence-corrected chi connectivity index (χ3v) is 5.25. The Labute approximate surface area is 189 Å². The fourth-order valence-corrected chi connectivity index (χ4v) is 3.69. The van der Waals surface area contributed by atoms with Crippen molar-refractivity contribution >= 4 is 29.0 Å². The van der Waals surface area contributed by atoms with Crippen LogP contribution in [0.1, 0.15) is 30.7 Å². The lowest BCUT2D eigenvalue weighted by Crippen LogP contribution is -2.41. The number of nitrogens with zero attached hydrogens (tertiary/aromatic N) is 5. The molecule has 0 N–H and O–H groups in total. The van der Waals surface area contributed by atoms with Gasteiger partial charge < -0.3 is 14.0 Å². The summed E-state index contributed by atoms with van der Waals surface area (Å²) in [6.45, 7) is 5.46. The van der Waals surface area contributed by atoms with Crippen LogP contribution in [-0.2, 0) is 25.6 Å². The Morgan fingerprint density at radius 3 is 2.48 bits per heavy atom. The van der Waals surface area contributed by atoms with Crippen molar-refractivity contribution in [1.82, 2.24) is 24.5 Å². The molecule has 0 saturated carbocycles. The van der Waals surface area contributed by atoms with Crippen LogP contribution >= 0.6 is 0 Å². The molecule has 5 rings (SSSR count). The van der Waals surface area contributed by atoms with E-state index < -0.39 is 17.7 Å². The van der Waals surface area contributed by atoms with Gasteiger partial charge in [-0.2, -0.15) is 0 Å². The number of aromatic nitrogens is 5. The number of esters is 2. The van der Waals surface area contributed by atoms with Gasteiger partial charge in [0.1, 0.15) is 16.9 Å². The predicted octanol–water partition coefficient (Wildman–Crippen LogP) is 3.19. The maximum Gasteiger partial charge on any atom is 0.348 e. The van der Waals surface area contributed by atoms with E-state index in [1.54, 1.807) is 16.9 Å². The molecule has 9 heteroatoms. The third kappa shape index (κ3) is 4.00. The summed E-state index contributed by atoms with van der Waals surface area (Å²) in [5.41, 5.74) is 3.98. The molecule has 4 aromatic rings. The molecule has 0 aliphatic carbocycles. The normalized spacial score (nSPS) is 15.4. The van der Waals surface area contributed by atoms with E-state index in [1.165, 1.54) is 25.5 Å². The summed E-state index contributed by atoms with van der Waals surface area (Å²) in [4.78, 5) is 29.2. The molecule has 166 valence electrons. The van der Waals surface area contributed by atoms with E-state index in [-0.39, 0.29) is 5.57 Å². The molecule has 0 unspecified atom stereocenters. The Bertz CT molecular complexity index is 1390. The van der Waals surface area contributed by atoms with Crippen LogP contribution in [0.15, 0.2) is 60.6 Å². The van der Waals surface area contributed by atoms with E-state index in [1.807, 2.05) is 54.2 Å². The summed E-state index contributed by atoms with van der Waals surface area (Å²) in [5.74, 6) is -2.73. The summed E-state index contributed by atoms with van der Waals surface area (Å²) in [5, 5.41) is 9.29. The fourth-order valence-electron chi connectivity index (χ4n) is 3.69. The van der Waals surface area contributed by atoms with Crippen LogP contribution in [-0.4, -0.2) is 42.3 Å². The Hall–Kier alpha value is -4.27. The van der Waals surface area contributed by atoms with Crippen molar-refractivity contribution in [3.05, 3.63) is 77.4 Å². The fraction of sp³-hybridized carbons (Fsp3) is 0.208. The maximum atomic E-state index is 12.4. The Kier molecular flexibility index (Phi) is 4.81. The highest BCUT2D eigenvalue weighted by Gasteiger charge is 2.39.